The van der Waals surface area contributed by atoms with Crippen molar-refractivity contribution in [1.82, 2.24) is 10.2 Å². The molecule has 5 nitrogen and oxygen atoms in total. The molecule has 0 aliphatic heterocycles. The molecule has 1 N–H and O–H groups in total. The fourth-order valence-electron chi connectivity index (χ4n) is 2.78. The van der Waals surface area contributed by atoms with Crippen LogP contribution >= 0.6 is 11.6 Å². The summed E-state index contributed by atoms with van der Waals surface area (Å²) in [4.78, 5) is 14.6. The quantitative estimate of drug-likeness (QED) is 0.744. The number of ether oxygens (including phenoxy) is 2. The number of amides is 1. The number of halogens is 1. The van der Waals surface area contributed by atoms with Crippen LogP contribution in [-0.4, -0.2) is 44.7 Å². The smallest absolute Gasteiger partial charge is 0.260 e. The molecule has 0 saturated carbocycles. The lowest BCUT2D eigenvalue weighted by atomic mass is 10.1. The van der Waals surface area contributed by atoms with E-state index in [-0.39, 0.29) is 11.9 Å². The SMILES string of the molecule is COc1cccc(C(CNC(=O)C(C)Oc2ccc(Cl)cc2C)N(C)C)c1. The average molecular weight is 391 g/mol. The van der Waals surface area contributed by atoms with E-state index in [0.717, 1.165) is 16.9 Å². The molecule has 0 fully saturated rings. The lowest BCUT2D eigenvalue weighted by Crippen LogP contribution is -2.41. The van der Waals surface area contributed by atoms with Gasteiger partial charge >= 0.3 is 0 Å². The molecule has 1 amide bonds. The van der Waals surface area contributed by atoms with Gasteiger partial charge in [0.2, 0.25) is 0 Å². The van der Waals surface area contributed by atoms with Gasteiger partial charge in [0.1, 0.15) is 11.5 Å². The highest BCUT2D eigenvalue weighted by atomic mass is 35.5. The summed E-state index contributed by atoms with van der Waals surface area (Å²) in [5.74, 6) is 1.28. The zero-order valence-electron chi connectivity index (χ0n) is 16.5. The summed E-state index contributed by atoms with van der Waals surface area (Å²) in [5.41, 5.74) is 1.96. The Kier molecular flexibility index (Phi) is 7.51. The highest BCUT2D eigenvalue weighted by Crippen LogP contribution is 2.24. The number of hydrogen-bond donors (Lipinski definition) is 1. The van der Waals surface area contributed by atoms with Gasteiger partial charge in [-0.1, -0.05) is 23.7 Å². The molecule has 0 radical (unpaired) electrons. The van der Waals surface area contributed by atoms with Crippen LogP contribution < -0.4 is 14.8 Å². The zero-order valence-corrected chi connectivity index (χ0v) is 17.2. The van der Waals surface area contributed by atoms with Gasteiger partial charge < -0.3 is 19.7 Å². The van der Waals surface area contributed by atoms with Gasteiger partial charge in [-0.3, -0.25) is 4.79 Å². The molecule has 0 bridgehead atoms. The molecular formula is C21H27ClN2O3. The molecule has 0 spiro atoms. The minimum Gasteiger partial charge on any atom is -0.497 e. The highest BCUT2D eigenvalue weighted by Gasteiger charge is 2.20. The molecule has 6 heteroatoms. The van der Waals surface area contributed by atoms with Crippen molar-refractivity contribution in [3.05, 3.63) is 58.6 Å². The molecule has 27 heavy (non-hydrogen) atoms. The van der Waals surface area contributed by atoms with Crippen molar-refractivity contribution in [2.45, 2.75) is 26.0 Å². The van der Waals surface area contributed by atoms with Crippen LogP contribution in [0.5, 0.6) is 11.5 Å². The van der Waals surface area contributed by atoms with Gasteiger partial charge in [0.25, 0.3) is 5.91 Å². The number of likely N-dealkylation sites (N-methyl/N-ethyl adjacent to an activating group) is 1. The van der Waals surface area contributed by atoms with E-state index in [4.69, 9.17) is 21.1 Å². The molecular weight excluding hydrogens is 364 g/mol. The van der Waals surface area contributed by atoms with Crippen LogP contribution in [0.15, 0.2) is 42.5 Å². The minimum atomic E-state index is -0.613. The van der Waals surface area contributed by atoms with Gasteiger partial charge in [0.05, 0.1) is 13.2 Å². The first-order chi connectivity index (χ1) is 12.8. The maximum Gasteiger partial charge on any atom is 0.260 e. The van der Waals surface area contributed by atoms with Crippen molar-refractivity contribution in [2.24, 2.45) is 0 Å². The summed E-state index contributed by atoms with van der Waals surface area (Å²) >= 11 is 5.96. The summed E-state index contributed by atoms with van der Waals surface area (Å²) in [6.45, 7) is 4.10. The van der Waals surface area contributed by atoms with Gasteiger partial charge in [-0.15, -0.1) is 0 Å². The first-order valence-corrected chi connectivity index (χ1v) is 9.20. The van der Waals surface area contributed by atoms with Crippen LogP contribution in [0.1, 0.15) is 24.1 Å². The van der Waals surface area contributed by atoms with Crippen LogP contribution in [0, 0.1) is 6.92 Å². The molecule has 2 aromatic rings. The number of nitrogens with one attached hydrogen (secondary N) is 1. The van der Waals surface area contributed by atoms with Gasteiger partial charge in [-0.2, -0.15) is 0 Å². The topological polar surface area (TPSA) is 50.8 Å². The monoisotopic (exact) mass is 390 g/mol. The summed E-state index contributed by atoms with van der Waals surface area (Å²) in [7, 11) is 5.60. The Hall–Kier alpha value is -2.24. The largest absolute Gasteiger partial charge is 0.497 e. The van der Waals surface area contributed by atoms with E-state index in [1.165, 1.54) is 0 Å². The second kappa shape index (κ2) is 9.62. The molecule has 0 saturated heterocycles. The van der Waals surface area contributed by atoms with E-state index in [9.17, 15) is 4.79 Å². The Morgan fingerprint density at radius 3 is 2.59 bits per heavy atom. The molecule has 0 aromatic heterocycles. The van der Waals surface area contributed by atoms with Crippen LogP contribution in [-0.2, 0) is 4.79 Å². The predicted octanol–water partition coefficient (Wildman–Crippen LogP) is 3.84. The van der Waals surface area contributed by atoms with E-state index in [1.807, 2.05) is 51.4 Å². The van der Waals surface area contributed by atoms with Crippen LogP contribution in [0.25, 0.3) is 0 Å². The summed E-state index contributed by atoms with van der Waals surface area (Å²) < 4.78 is 11.1. The van der Waals surface area contributed by atoms with Crippen molar-refractivity contribution in [3.8, 4) is 11.5 Å². The van der Waals surface area contributed by atoms with Crippen molar-refractivity contribution < 1.29 is 14.3 Å². The number of aryl methyl sites for hydroxylation is 1. The maximum absolute atomic E-state index is 12.5. The number of benzene rings is 2. The van der Waals surface area contributed by atoms with Crippen molar-refractivity contribution in [3.63, 3.8) is 0 Å². The zero-order chi connectivity index (χ0) is 20.0. The van der Waals surface area contributed by atoms with E-state index in [0.29, 0.717) is 17.3 Å². The Bertz CT molecular complexity index is 780. The third-order valence-corrected chi connectivity index (χ3v) is 4.62. The molecule has 2 atom stereocenters. The number of carbonyl (C=O) groups excluding carboxylic acids is 1. The number of methoxy groups -OCH3 is 1. The Labute approximate surface area is 166 Å². The number of rotatable bonds is 8. The first-order valence-electron chi connectivity index (χ1n) is 8.82. The van der Waals surface area contributed by atoms with Gasteiger partial charge in [0.15, 0.2) is 6.10 Å². The molecule has 0 aliphatic carbocycles. The van der Waals surface area contributed by atoms with Gasteiger partial charge in [-0.05, 0) is 69.4 Å². The van der Waals surface area contributed by atoms with E-state index < -0.39 is 6.10 Å². The van der Waals surface area contributed by atoms with E-state index >= 15 is 0 Å². The lowest BCUT2D eigenvalue weighted by molar-refractivity contribution is -0.127. The van der Waals surface area contributed by atoms with Crippen molar-refractivity contribution >= 4 is 17.5 Å². The van der Waals surface area contributed by atoms with E-state index in [1.54, 1.807) is 26.2 Å². The second-order valence-electron chi connectivity index (χ2n) is 6.67. The summed E-state index contributed by atoms with van der Waals surface area (Å²) in [6, 6.07) is 13.2. The third kappa shape index (κ3) is 5.88. The Morgan fingerprint density at radius 2 is 1.96 bits per heavy atom. The molecule has 2 unspecified atom stereocenters. The van der Waals surface area contributed by atoms with Crippen LogP contribution in [0.3, 0.4) is 0 Å². The first kappa shape index (κ1) is 21.1. The molecule has 2 aromatic carbocycles. The molecule has 0 heterocycles. The van der Waals surface area contributed by atoms with E-state index in [2.05, 4.69) is 10.2 Å². The highest BCUT2D eigenvalue weighted by molar-refractivity contribution is 6.30. The third-order valence-electron chi connectivity index (χ3n) is 4.38. The number of hydrogen-bond acceptors (Lipinski definition) is 4. The Balaban J connectivity index is 2.00. The standard InChI is InChI=1S/C21H27ClN2O3/c1-14-11-17(22)9-10-20(14)27-15(2)21(25)23-13-19(24(3)4)16-7-6-8-18(12-16)26-5/h6-12,15,19H,13H2,1-5H3,(H,23,25). The lowest BCUT2D eigenvalue weighted by Gasteiger charge is -2.26. The fraction of sp³-hybridized carbons (Fsp3) is 0.381. The Morgan fingerprint density at radius 1 is 1.22 bits per heavy atom. The number of carbonyl (C=O) groups is 1. The second-order valence-corrected chi connectivity index (χ2v) is 7.11. The van der Waals surface area contributed by atoms with Gasteiger partial charge in [0, 0.05) is 11.6 Å². The summed E-state index contributed by atoms with van der Waals surface area (Å²) in [6.07, 6.45) is -0.613. The molecule has 2 rings (SSSR count). The van der Waals surface area contributed by atoms with Crippen LogP contribution in [0.4, 0.5) is 0 Å². The average Bonchev–Trinajstić information content (AvgIpc) is 2.63. The van der Waals surface area contributed by atoms with Crippen molar-refractivity contribution in [1.29, 1.82) is 0 Å². The normalized spacial score (nSPS) is 13.1. The predicted molar refractivity (Wildman–Crippen MR) is 109 cm³/mol. The molecule has 146 valence electrons. The summed E-state index contributed by atoms with van der Waals surface area (Å²) in [5, 5.41) is 3.62. The van der Waals surface area contributed by atoms with Crippen LogP contribution in [0.2, 0.25) is 5.02 Å². The van der Waals surface area contributed by atoms with Crippen molar-refractivity contribution in [2.75, 3.05) is 27.7 Å². The number of nitrogens with zero attached hydrogens (tertiary/aromatic N) is 1. The molecule has 0 aliphatic rings. The van der Waals surface area contributed by atoms with Gasteiger partial charge in [-0.25, -0.2) is 0 Å². The minimum absolute atomic E-state index is 0.0218. The fourth-order valence-corrected chi connectivity index (χ4v) is 3.00. The maximum atomic E-state index is 12.5.